The number of carbonyl (C=O) groups is 1. The van der Waals surface area contributed by atoms with E-state index in [1.807, 2.05) is 41.5 Å². The van der Waals surface area contributed by atoms with Gasteiger partial charge >= 0.3 is 0 Å². The molecule has 0 aliphatic heterocycles. The molecule has 1 amide bonds. The highest BCUT2D eigenvalue weighted by Gasteiger charge is 2.18. The molecule has 0 atom stereocenters. The molecule has 0 N–H and O–H groups in total. The van der Waals surface area contributed by atoms with Crippen LogP contribution in [0, 0.1) is 0 Å². The van der Waals surface area contributed by atoms with Crippen molar-refractivity contribution in [3.63, 3.8) is 0 Å². The minimum atomic E-state index is 0.125. The topological polar surface area (TPSA) is 45.7 Å². The standard InChI is InChI=1S/C20H29N3O2S/c1-5-19(24)23(14-8-13-22(6-2)7-3)20-21-18(15-26-20)16-9-11-17(25-4)12-10-16/h9-12,15H,5-8,13-14H2,1-4H3. The van der Waals surface area contributed by atoms with Gasteiger partial charge in [0.05, 0.1) is 12.8 Å². The fourth-order valence-corrected chi connectivity index (χ4v) is 3.67. The summed E-state index contributed by atoms with van der Waals surface area (Å²) in [5.74, 6) is 0.948. The Hall–Kier alpha value is -1.92. The minimum absolute atomic E-state index is 0.125. The molecule has 26 heavy (non-hydrogen) atoms. The maximum absolute atomic E-state index is 12.4. The second kappa shape index (κ2) is 10.3. The average molecular weight is 376 g/mol. The van der Waals surface area contributed by atoms with E-state index in [9.17, 15) is 4.79 Å². The van der Waals surface area contributed by atoms with E-state index < -0.39 is 0 Å². The third-order valence-corrected chi connectivity index (χ3v) is 5.33. The van der Waals surface area contributed by atoms with Crippen LogP contribution in [-0.2, 0) is 4.79 Å². The van der Waals surface area contributed by atoms with Crippen LogP contribution >= 0.6 is 11.3 Å². The van der Waals surface area contributed by atoms with Crippen LogP contribution in [-0.4, -0.2) is 49.1 Å². The molecule has 0 saturated heterocycles. The van der Waals surface area contributed by atoms with E-state index in [0.717, 1.165) is 48.2 Å². The predicted molar refractivity (Wildman–Crippen MR) is 109 cm³/mol. The summed E-state index contributed by atoms with van der Waals surface area (Å²) in [5.41, 5.74) is 1.92. The monoisotopic (exact) mass is 375 g/mol. The van der Waals surface area contributed by atoms with Crippen LogP contribution in [0.5, 0.6) is 5.75 Å². The quantitative estimate of drug-likeness (QED) is 0.621. The lowest BCUT2D eigenvalue weighted by Crippen LogP contribution is -2.34. The molecular formula is C20H29N3O2S. The van der Waals surface area contributed by atoms with Crippen molar-refractivity contribution in [1.29, 1.82) is 0 Å². The summed E-state index contributed by atoms with van der Waals surface area (Å²) >= 11 is 1.53. The number of benzene rings is 1. The molecule has 0 radical (unpaired) electrons. The number of hydrogen-bond donors (Lipinski definition) is 0. The maximum atomic E-state index is 12.4. The Bertz CT molecular complexity index is 681. The SMILES string of the molecule is CCC(=O)N(CCCN(CC)CC)c1nc(-c2ccc(OC)cc2)cs1. The molecule has 0 aliphatic rings. The van der Waals surface area contributed by atoms with Gasteiger partial charge in [0.1, 0.15) is 5.75 Å². The van der Waals surface area contributed by atoms with Gasteiger partial charge in [-0.15, -0.1) is 11.3 Å². The van der Waals surface area contributed by atoms with Gasteiger partial charge in [-0.1, -0.05) is 20.8 Å². The van der Waals surface area contributed by atoms with Gasteiger partial charge in [0, 0.05) is 23.9 Å². The summed E-state index contributed by atoms with van der Waals surface area (Å²) in [4.78, 5) is 21.3. The molecule has 1 aromatic carbocycles. The number of methoxy groups -OCH3 is 1. The molecular weight excluding hydrogens is 346 g/mol. The first-order valence-corrected chi connectivity index (χ1v) is 10.1. The number of rotatable bonds is 10. The molecule has 0 spiro atoms. The summed E-state index contributed by atoms with van der Waals surface area (Å²) in [6, 6.07) is 7.83. The molecule has 0 saturated carbocycles. The van der Waals surface area contributed by atoms with Crippen LogP contribution in [0.25, 0.3) is 11.3 Å². The van der Waals surface area contributed by atoms with Crippen molar-refractivity contribution in [2.75, 3.05) is 38.2 Å². The van der Waals surface area contributed by atoms with Crippen molar-refractivity contribution in [1.82, 2.24) is 9.88 Å². The van der Waals surface area contributed by atoms with E-state index in [-0.39, 0.29) is 5.91 Å². The second-order valence-corrected chi connectivity index (χ2v) is 6.86. The number of nitrogens with zero attached hydrogens (tertiary/aromatic N) is 3. The second-order valence-electron chi connectivity index (χ2n) is 6.02. The number of carbonyl (C=O) groups excluding carboxylic acids is 1. The zero-order valence-corrected chi connectivity index (χ0v) is 17.0. The maximum Gasteiger partial charge on any atom is 0.228 e. The van der Waals surface area contributed by atoms with Crippen LogP contribution in [0.3, 0.4) is 0 Å². The van der Waals surface area contributed by atoms with Crippen molar-refractivity contribution in [3.8, 4) is 17.0 Å². The third-order valence-electron chi connectivity index (χ3n) is 4.46. The van der Waals surface area contributed by atoms with Crippen molar-refractivity contribution in [3.05, 3.63) is 29.6 Å². The van der Waals surface area contributed by atoms with Crippen molar-refractivity contribution in [2.45, 2.75) is 33.6 Å². The Labute approximate surface area is 160 Å². The number of thiazole rings is 1. The summed E-state index contributed by atoms with van der Waals surface area (Å²) < 4.78 is 5.20. The lowest BCUT2D eigenvalue weighted by Gasteiger charge is -2.22. The molecule has 5 nitrogen and oxygen atoms in total. The first kappa shape index (κ1) is 20.4. The van der Waals surface area contributed by atoms with Gasteiger partial charge in [-0.3, -0.25) is 9.69 Å². The highest BCUT2D eigenvalue weighted by Crippen LogP contribution is 2.29. The molecule has 0 bridgehead atoms. The van der Waals surface area contributed by atoms with Gasteiger partial charge in [0.15, 0.2) is 5.13 Å². The lowest BCUT2D eigenvalue weighted by atomic mass is 10.2. The van der Waals surface area contributed by atoms with E-state index in [0.29, 0.717) is 13.0 Å². The Morgan fingerprint density at radius 3 is 2.38 bits per heavy atom. The highest BCUT2D eigenvalue weighted by atomic mass is 32.1. The normalized spacial score (nSPS) is 11.0. The fraction of sp³-hybridized carbons (Fsp3) is 0.500. The lowest BCUT2D eigenvalue weighted by molar-refractivity contribution is -0.118. The summed E-state index contributed by atoms with van der Waals surface area (Å²) in [6.45, 7) is 10.0. The Kier molecular flexibility index (Phi) is 8.06. The van der Waals surface area contributed by atoms with Crippen molar-refractivity contribution in [2.24, 2.45) is 0 Å². The average Bonchev–Trinajstić information content (AvgIpc) is 3.17. The van der Waals surface area contributed by atoms with E-state index >= 15 is 0 Å². The van der Waals surface area contributed by atoms with E-state index in [4.69, 9.17) is 9.72 Å². The molecule has 1 aromatic heterocycles. The van der Waals surface area contributed by atoms with Crippen LogP contribution in [0.1, 0.15) is 33.6 Å². The Morgan fingerprint density at radius 1 is 1.12 bits per heavy atom. The first-order valence-electron chi connectivity index (χ1n) is 9.25. The molecule has 2 rings (SSSR count). The third kappa shape index (κ3) is 5.29. The first-order chi connectivity index (χ1) is 12.6. The number of ether oxygens (including phenoxy) is 1. The zero-order valence-electron chi connectivity index (χ0n) is 16.2. The number of anilines is 1. The van der Waals surface area contributed by atoms with Crippen LogP contribution < -0.4 is 9.64 Å². The Balaban J connectivity index is 2.10. The highest BCUT2D eigenvalue weighted by molar-refractivity contribution is 7.14. The molecule has 142 valence electrons. The van der Waals surface area contributed by atoms with E-state index in [1.165, 1.54) is 11.3 Å². The zero-order chi connectivity index (χ0) is 18.9. The smallest absolute Gasteiger partial charge is 0.228 e. The number of hydrogen-bond acceptors (Lipinski definition) is 5. The predicted octanol–water partition coefficient (Wildman–Crippen LogP) is 4.29. The van der Waals surface area contributed by atoms with Crippen molar-refractivity contribution < 1.29 is 9.53 Å². The van der Waals surface area contributed by atoms with Gasteiger partial charge in [0.2, 0.25) is 5.91 Å². The van der Waals surface area contributed by atoms with E-state index in [2.05, 4.69) is 18.7 Å². The molecule has 2 aromatic rings. The minimum Gasteiger partial charge on any atom is -0.497 e. The van der Waals surface area contributed by atoms with Gasteiger partial charge < -0.3 is 9.64 Å². The van der Waals surface area contributed by atoms with Crippen LogP contribution in [0.15, 0.2) is 29.6 Å². The van der Waals surface area contributed by atoms with Gasteiger partial charge in [0.25, 0.3) is 0 Å². The van der Waals surface area contributed by atoms with E-state index in [1.54, 1.807) is 7.11 Å². The summed E-state index contributed by atoms with van der Waals surface area (Å²) in [7, 11) is 1.66. The molecule has 1 heterocycles. The molecule has 0 unspecified atom stereocenters. The molecule has 0 aliphatic carbocycles. The van der Waals surface area contributed by atoms with Crippen LogP contribution in [0.2, 0.25) is 0 Å². The van der Waals surface area contributed by atoms with Gasteiger partial charge in [-0.25, -0.2) is 4.98 Å². The Morgan fingerprint density at radius 2 is 1.81 bits per heavy atom. The van der Waals surface area contributed by atoms with Gasteiger partial charge in [-0.05, 0) is 50.3 Å². The summed E-state index contributed by atoms with van der Waals surface area (Å²) in [6.07, 6.45) is 1.44. The fourth-order valence-electron chi connectivity index (χ4n) is 2.79. The van der Waals surface area contributed by atoms with Crippen LogP contribution in [0.4, 0.5) is 5.13 Å². The molecule has 6 heteroatoms. The summed E-state index contributed by atoms with van der Waals surface area (Å²) in [5, 5.41) is 2.79. The number of amides is 1. The number of aromatic nitrogens is 1. The molecule has 0 fully saturated rings. The largest absolute Gasteiger partial charge is 0.497 e. The van der Waals surface area contributed by atoms with Gasteiger partial charge in [-0.2, -0.15) is 0 Å². The van der Waals surface area contributed by atoms with Crippen molar-refractivity contribution >= 4 is 22.4 Å².